The lowest BCUT2D eigenvalue weighted by Gasteiger charge is -2.10. The molecule has 0 spiro atoms. The minimum Gasteiger partial charge on any atom is -0.380 e. The van der Waals surface area contributed by atoms with E-state index in [0.29, 0.717) is 16.6 Å². The standard InChI is InChI=1S/C15H12Cl2N4/c16-13-3-1-4-14(17)12(13)10-18-11-5-6-15(19-9-11)21-8-2-7-20-21/h1-9,18H,10H2. The fourth-order valence-electron chi connectivity index (χ4n) is 1.92. The maximum absolute atomic E-state index is 6.14. The highest BCUT2D eigenvalue weighted by Crippen LogP contribution is 2.25. The first-order valence-electron chi connectivity index (χ1n) is 6.37. The van der Waals surface area contributed by atoms with E-state index in [1.807, 2.05) is 42.6 Å². The van der Waals surface area contributed by atoms with Gasteiger partial charge in [0.1, 0.15) is 0 Å². The van der Waals surface area contributed by atoms with E-state index < -0.39 is 0 Å². The lowest BCUT2D eigenvalue weighted by Crippen LogP contribution is -2.03. The third-order valence-corrected chi connectivity index (χ3v) is 3.73. The Hall–Kier alpha value is -2.04. The Labute approximate surface area is 132 Å². The summed E-state index contributed by atoms with van der Waals surface area (Å²) in [7, 11) is 0. The summed E-state index contributed by atoms with van der Waals surface area (Å²) in [6, 6.07) is 11.2. The molecule has 0 saturated heterocycles. The zero-order valence-corrected chi connectivity index (χ0v) is 12.5. The fraction of sp³-hybridized carbons (Fsp3) is 0.0667. The van der Waals surface area contributed by atoms with Crippen LogP contribution in [0, 0.1) is 0 Å². The van der Waals surface area contributed by atoms with Crippen molar-refractivity contribution in [1.29, 1.82) is 0 Å². The van der Waals surface area contributed by atoms with E-state index in [1.165, 1.54) is 0 Å². The van der Waals surface area contributed by atoms with Gasteiger partial charge in [-0.15, -0.1) is 0 Å². The summed E-state index contributed by atoms with van der Waals surface area (Å²) in [4.78, 5) is 4.35. The van der Waals surface area contributed by atoms with Gasteiger partial charge in [0.05, 0.1) is 11.9 Å². The second-order valence-electron chi connectivity index (χ2n) is 4.41. The van der Waals surface area contributed by atoms with Gasteiger partial charge in [-0.3, -0.25) is 0 Å². The van der Waals surface area contributed by atoms with Gasteiger partial charge in [-0.05, 0) is 30.3 Å². The van der Waals surface area contributed by atoms with Crippen molar-refractivity contribution in [3.63, 3.8) is 0 Å². The van der Waals surface area contributed by atoms with Crippen molar-refractivity contribution in [3.05, 3.63) is 70.6 Å². The molecule has 1 N–H and O–H groups in total. The topological polar surface area (TPSA) is 42.7 Å². The number of anilines is 1. The van der Waals surface area contributed by atoms with Crippen molar-refractivity contribution in [2.45, 2.75) is 6.54 Å². The van der Waals surface area contributed by atoms with Gasteiger partial charge in [-0.1, -0.05) is 29.3 Å². The Bertz CT molecular complexity index is 704. The molecule has 2 aromatic heterocycles. The van der Waals surface area contributed by atoms with E-state index in [-0.39, 0.29) is 0 Å². The van der Waals surface area contributed by atoms with Crippen LogP contribution in [0.1, 0.15) is 5.56 Å². The van der Waals surface area contributed by atoms with Crippen LogP contribution in [0.15, 0.2) is 55.0 Å². The number of hydrogen-bond donors (Lipinski definition) is 1. The van der Waals surface area contributed by atoms with E-state index >= 15 is 0 Å². The Morgan fingerprint density at radius 1 is 1.05 bits per heavy atom. The zero-order valence-electron chi connectivity index (χ0n) is 11.0. The molecule has 21 heavy (non-hydrogen) atoms. The van der Waals surface area contributed by atoms with E-state index in [4.69, 9.17) is 23.2 Å². The molecule has 0 unspecified atom stereocenters. The van der Waals surface area contributed by atoms with Crippen LogP contribution >= 0.6 is 23.2 Å². The fourth-order valence-corrected chi connectivity index (χ4v) is 2.45. The summed E-state index contributed by atoms with van der Waals surface area (Å²) in [5, 5.41) is 8.68. The van der Waals surface area contributed by atoms with Crippen LogP contribution in [0.2, 0.25) is 10.0 Å². The highest BCUT2D eigenvalue weighted by Gasteiger charge is 2.05. The predicted octanol–water partition coefficient (Wildman–Crippen LogP) is 4.19. The first kappa shape index (κ1) is 13.9. The number of nitrogens with one attached hydrogen (secondary N) is 1. The molecule has 2 heterocycles. The number of benzene rings is 1. The van der Waals surface area contributed by atoms with Gasteiger partial charge >= 0.3 is 0 Å². The van der Waals surface area contributed by atoms with E-state index in [9.17, 15) is 0 Å². The molecule has 3 aromatic rings. The van der Waals surface area contributed by atoms with Crippen molar-refractivity contribution >= 4 is 28.9 Å². The first-order chi connectivity index (χ1) is 10.2. The average molecular weight is 319 g/mol. The quantitative estimate of drug-likeness (QED) is 0.784. The molecular formula is C15H12Cl2N4. The molecule has 0 radical (unpaired) electrons. The normalized spacial score (nSPS) is 10.6. The second kappa shape index (κ2) is 6.16. The molecule has 0 fully saturated rings. The van der Waals surface area contributed by atoms with Gasteiger partial charge in [0.2, 0.25) is 0 Å². The van der Waals surface area contributed by atoms with Crippen LogP contribution in [0.3, 0.4) is 0 Å². The molecule has 6 heteroatoms. The highest BCUT2D eigenvalue weighted by molar-refractivity contribution is 6.36. The van der Waals surface area contributed by atoms with Crippen molar-refractivity contribution < 1.29 is 0 Å². The summed E-state index contributed by atoms with van der Waals surface area (Å²) in [6.07, 6.45) is 5.31. The third-order valence-electron chi connectivity index (χ3n) is 3.02. The van der Waals surface area contributed by atoms with Crippen LogP contribution in [0.4, 0.5) is 5.69 Å². The lowest BCUT2D eigenvalue weighted by molar-refractivity contribution is 0.847. The van der Waals surface area contributed by atoms with Gasteiger partial charge in [0, 0.05) is 34.5 Å². The number of halogens is 2. The largest absolute Gasteiger partial charge is 0.380 e. The van der Waals surface area contributed by atoms with Crippen LogP contribution in [0.5, 0.6) is 0 Å². The molecule has 0 bridgehead atoms. The summed E-state index contributed by atoms with van der Waals surface area (Å²) < 4.78 is 1.70. The number of pyridine rings is 1. The van der Waals surface area contributed by atoms with Crippen molar-refractivity contribution in [2.75, 3.05) is 5.32 Å². The zero-order chi connectivity index (χ0) is 14.7. The average Bonchev–Trinajstić information content (AvgIpc) is 3.02. The lowest BCUT2D eigenvalue weighted by atomic mass is 10.2. The summed E-state index contributed by atoms with van der Waals surface area (Å²) >= 11 is 12.3. The van der Waals surface area contributed by atoms with Crippen LogP contribution in [0.25, 0.3) is 5.82 Å². The Morgan fingerprint density at radius 3 is 2.48 bits per heavy atom. The van der Waals surface area contributed by atoms with E-state index in [2.05, 4.69) is 15.4 Å². The summed E-state index contributed by atoms with van der Waals surface area (Å²) in [5.41, 5.74) is 1.76. The predicted molar refractivity (Wildman–Crippen MR) is 85.1 cm³/mol. The number of nitrogens with zero attached hydrogens (tertiary/aromatic N) is 3. The summed E-state index contributed by atoms with van der Waals surface area (Å²) in [6.45, 7) is 0.543. The van der Waals surface area contributed by atoms with Gasteiger partial charge in [0.25, 0.3) is 0 Å². The van der Waals surface area contributed by atoms with Gasteiger partial charge in [-0.2, -0.15) is 5.10 Å². The Morgan fingerprint density at radius 2 is 1.86 bits per heavy atom. The third kappa shape index (κ3) is 3.17. The maximum atomic E-state index is 6.14. The molecule has 0 aliphatic heterocycles. The molecule has 4 nitrogen and oxygen atoms in total. The monoisotopic (exact) mass is 318 g/mol. The molecule has 3 rings (SSSR count). The molecule has 106 valence electrons. The molecule has 1 aromatic carbocycles. The molecule has 0 aliphatic rings. The number of hydrogen-bond acceptors (Lipinski definition) is 3. The van der Waals surface area contributed by atoms with Crippen molar-refractivity contribution in [2.24, 2.45) is 0 Å². The SMILES string of the molecule is Clc1cccc(Cl)c1CNc1ccc(-n2cccn2)nc1. The molecule has 0 amide bonds. The van der Waals surface area contributed by atoms with Gasteiger partial charge < -0.3 is 5.32 Å². The molecule has 0 atom stereocenters. The second-order valence-corrected chi connectivity index (χ2v) is 5.22. The number of rotatable bonds is 4. The van der Waals surface area contributed by atoms with Crippen molar-refractivity contribution in [3.8, 4) is 5.82 Å². The molecule has 0 saturated carbocycles. The van der Waals surface area contributed by atoms with E-state index in [0.717, 1.165) is 17.1 Å². The van der Waals surface area contributed by atoms with Crippen molar-refractivity contribution in [1.82, 2.24) is 14.8 Å². The number of aromatic nitrogens is 3. The Kier molecular flexibility index (Phi) is 4.08. The summed E-state index contributed by atoms with van der Waals surface area (Å²) in [5.74, 6) is 0.765. The van der Waals surface area contributed by atoms with Crippen LogP contribution < -0.4 is 5.32 Å². The highest BCUT2D eigenvalue weighted by atomic mass is 35.5. The van der Waals surface area contributed by atoms with E-state index in [1.54, 1.807) is 17.1 Å². The maximum Gasteiger partial charge on any atom is 0.153 e. The molecular weight excluding hydrogens is 307 g/mol. The minimum absolute atomic E-state index is 0.543. The smallest absolute Gasteiger partial charge is 0.153 e. The molecule has 0 aliphatic carbocycles. The minimum atomic E-state index is 0.543. The van der Waals surface area contributed by atoms with Gasteiger partial charge in [0.15, 0.2) is 5.82 Å². The Balaban J connectivity index is 1.71. The van der Waals surface area contributed by atoms with Crippen LogP contribution in [-0.4, -0.2) is 14.8 Å². The van der Waals surface area contributed by atoms with Crippen LogP contribution in [-0.2, 0) is 6.54 Å². The first-order valence-corrected chi connectivity index (χ1v) is 7.12. The van der Waals surface area contributed by atoms with Gasteiger partial charge in [-0.25, -0.2) is 9.67 Å².